The minimum Gasteiger partial charge on any atom is -0.378 e. The summed E-state index contributed by atoms with van der Waals surface area (Å²) in [5.41, 5.74) is 5.14. The second-order valence-electron chi connectivity index (χ2n) is 8.21. The van der Waals surface area contributed by atoms with Gasteiger partial charge in [-0.3, -0.25) is 9.78 Å². The predicted octanol–water partition coefficient (Wildman–Crippen LogP) is 4.63. The Labute approximate surface area is 191 Å². The average Bonchev–Trinajstić information content (AvgIpc) is 2.86. The van der Waals surface area contributed by atoms with Gasteiger partial charge in [-0.25, -0.2) is 9.37 Å². The molecule has 2 heterocycles. The first-order valence-corrected chi connectivity index (χ1v) is 11.1. The van der Waals surface area contributed by atoms with Crippen molar-refractivity contribution in [2.24, 2.45) is 0 Å². The van der Waals surface area contributed by atoms with Gasteiger partial charge >= 0.3 is 0 Å². The van der Waals surface area contributed by atoms with Crippen LogP contribution in [0.4, 0.5) is 10.2 Å². The molecule has 5 rings (SSSR count). The first-order valence-electron chi connectivity index (χ1n) is 11.1. The van der Waals surface area contributed by atoms with Crippen LogP contribution in [0, 0.1) is 5.82 Å². The number of benzene rings is 3. The predicted molar refractivity (Wildman–Crippen MR) is 127 cm³/mol. The second-order valence-corrected chi connectivity index (χ2v) is 8.21. The Hall–Kier alpha value is -3.64. The van der Waals surface area contributed by atoms with Gasteiger partial charge in [0.05, 0.1) is 30.4 Å². The third-order valence-electron chi connectivity index (χ3n) is 5.90. The van der Waals surface area contributed by atoms with E-state index in [1.165, 1.54) is 6.07 Å². The molecule has 166 valence electrons. The number of hydrogen-bond donors (Lipinski definition) is 0. The van der Waals surface area contributed by atoms with Gasteiger partial charge < -0.3 is 9.64 Å². The number of carbonyl (C=O) groups is 1. The Morgan fingerprint density at radius 2 is 1.67 bits per heavy atom. The van der Waals surface area contributed by atoms with Crippen molar-refractivity contribution < 1.29 is 13.9 Å². The molecule has 1 aliphatic heterocycles. The SMILES string of the molecule is O=C(Cc1ccc(-c2ccc3ncc(N4CCOCC4)nc3c2)cc1)Cc1ccccc1F. The summed E-state index contributed by atoms with van der Waals surface area (Å²) in [6, 6.07) is 20.4. The second kappa shape index (κ2) is 9.46. The molecule has 5 nitrogen and oxygen atoms in total. The van der Waals surface area contributed by atoms with Crippen LogP contribution in [0.15, 0.2) is 72.9 Å². The molecule has 0 amide bonds. The maximum atomic E-state index is 13.8. The minimum absolute atomic E-state index is 0.00975. The summed E-state index contributed by atoms with van der Waals surface area (Å²) >= 11 is 0. The topological polar surface area (TPSA) is 55.3 Å². The van der Waals surface area contributed by atoms with E-state index < -0.39 is 0 Å². The summed E-state index contributed by atoms with van der Waals surface area (Å²) < 4.78 is 19.2. The quantitative estimate of drug-likeness (QED) is 0.437. The maximum absolute atomic E-state index is 13.8. The molecule has 0 bridgehead atoms. The highest BCUT2D eigenvalue weighted by molar-refractivity contribution is 5.84. The molecular formula is C27H24FN3O2. The fourth-order valence-corrected chi connectivity index (χ4v) is 4.09. The summed E-state index contributed by atoms with van der Waals surface area (Å²) in [6.07, 6.45) is 2.20. The van der Waals surface area contributed by atoms with Crippen LogP contribution < -0.4 is 4.90 Å². The molecule has 0 unspecified atom stereocenters. The third kappa shape index (κ3) is 4.91. The van der Waals surface area contributed by atoms with Gasteiger partial charge in [-0.05, 0) is 40.5 Å². The zero-order chi connectivity index (χ0) is 22.6. The average molecular weight is 442 g/mol. The monoisotopic (exact) mass is 441 g/mol. The van der Waals surface area contributed by atoms with Crippen molar-refractivity contribution >= 4 is 22.6 Å². The summed E-state index contributed by atoms with van der Waals surface area (Å²) in [7, 11) is 0. The van der Waals surface area contributed by atoms with E-state index in [1.807, 2.05) is 48.7 Å². The molecule has 3 aromatic carbocycles. The molecule has 4 aromatic rings. The lowest BCUT2D eigenvalue weighted by Crippen LogP contribution is -2.36. The minimum atomic E-state index is -0.336. The molecule has 0 aliphatic carbocycles. The Morgan fingerprint density at radius 1 is 0.909 bits per heavy atom. The first kappa shape index (κ1) is 21.2. The number of carbonyl (C=O) groups excluding carboxylic acids is 1. The molecule has 1 saturated heterocycles. The van der Waals surface area contributed by atoms with Crippen LogP contribution in [0.1, 0.15) is 11.1 Å². The number of nitrogens with zero attached hydrogens (tertiary/aromatic N) is 3. The highest BCUT2D eigenvalue weighted by atomic mass is 19.1. The molecule has 1 aliphatic rings. The molecule has 33 heavy (non-hydrogen) atoms. The molecule has 0 atom stereocenters. The van der Waals surface area contributed by atoms with Crippen molar-refractivity contribution in [3.63, 3.8) is 0 Å². The molecule has 6 heteroatoms. The van der Waals surface area contributed by atoms with Gasteiger partial charge in [0.2, 0.25) is 0 Å². The third-order valence-corrected chi connectivity index (χ3v) is 5.90. The van der Waals surface area contributed by atoms with E-state index in [0.29, 0.717) is 18.8 Å². The van der Waals surface area contributed by atoms with E-state index in [9.17, 15) is 9.18 Å². The zero-order valence-electron chi connectivity index (χ0n) is 18.2. The first-order chi connectivity index (χ1) is 16.2. The fourth-order valence-electron chi connectivity index (χ4n) is 4.09. The van der Waals surface area contributed by atoms with Crippen molar-refractivity contribution in [3.8, 4) is 11.1 Å². The van der Waals surface area contributed by atoms with E-state index in [0.717, 1.165) is 46.6 Å². The lowest BCUT2D eigenvalue weighted by molar-refractivity contribution is -0.117. The number of aromatic nitrogens is 2. The van der Waals surface area contributed by atoms with E-state index in [4.69, 9.17) is 9.72 Å². The Morgan fingerprint density at radius 3 is 2.45 bits per heavy atom. The van der Waals surface area contributed by atoms with Crippen LogP contribution in [-0.2, 0) is 22.4 Å². The molecule has 0 spiro atoms. The number of fused-ring (bicyclic) bond motifs is 1. The van der Waals surface area contributed by atoms with Gasteiger partial charge in [0.15, 0.2) is 0 Å². The number of halogens is 1. The molecule has 0 radical (unpaired) electrons. The van der Waals surface area contributed by atoms with E-state index in [-0.39, 0.29) is 24.4 Å². The summed E-state index contributed by atoms with van der Waals surface area (Å²) in [4.78, 5) is 24.0. The van der Waals surface area contributed by atoms with Crippen LogP contribution in [0.5, 0.6) is 0 Å². The van der Waals surface area contributed by atoms with E-state index in [1.54, 1.807) is 18.2 Å². The Bertz CT molecular complexity index is 1280. The largest absolute Gasteiger partial charge is 0.378 e. The van der Waals surface area contributed by atoms with Gasteiger partial charge in [0, 0.05) is 25.9 Å². The normalized spacial score (nSPS) is 13.9. The maximum Gasteiger partial charge on any atom is 0.148 e. The van der Waals surface area contributed by atoms with Gasteiger partial charge in [-0.1, -0.05) is 48.5 Å². The molecular weight excluding hydrogens is 417 g/mol. The number of morpholine rings is 1. The number of hydrogen-bond acceptors (Lipinski definition) is 5. The molecule has 0 saturated carbocycles. The Balaban J connectivity index is 1.31. The number of Topliss-reactive ketones (excluding diaryl/α,β-unsaturated/α-hetero) is 1. The fraction of sp³-hybridized carbons (Fsp3) is 0.222. The summed E-state index contributed by atoms with van der Waals surface area (Å²) in [5.74, 6) is 0.522. The molecule has 1 aromatic heterocycles. The van der Waals surface area contributed by atoms with Crippen LogP contribution >= 0.6 is 0 Å². The van der Waals surface area contributed by atoms with Crippen molar-refractivity contribution in [1.82, 2.24) is 9.97 Å². The smallest absolute Gasteiger partial charge is 0.148 e. The van der Waals surface area contributed by atoms with Crippen LogP contribution in [0.25, 0.3) is 22.2 Å². The highest BCUT2D eigenvalue weighted by Crippen LogP contribution is 2.25. The van der Waals surface area contributed by atoms with E-state index >= 15 is 0 Å². The van der Waals surface area contributed by atoms with Crippen molar-refractivity contribution in [3.05, 3.63) is 89.9 Å². The number of ether oxygens (including phenoxy) is 1. The summed E-state index contributed by atoms with van der Waals surface area (Å²) in [5, 5.41) is 0. The van der Waals surface area contributed by atoms with Crippen LogP contribution in [0.3, 0.4) is 0 Å². The van der Waals surface area contributed by atoms with Crippen LogP contribution in [-0.4, -0.2) is 42.1 Å². The Kier molecular flexibility index (Phi) is 6.09. The number of rotatable bonds is 6. The van der Waals surface area contributed by atoms with Crippen molar-refractivity contribution in [2.45, 2.75) is 12.8 Å². The van der Waals surface area contributed by atoms with Gasteiger partial charge in [0.1, 0.15) is 17.4 Å². The lowest BCUT2D eigenvalue weighted by atomic mass is 9.99. The zero-order valence-corrected chi connectivity index (χ0v) is 18.2. The summed E-state index contributed by atoms with van der Waals surface area (Å²) in [6.45, 7) is 3.04. The molecule has 0 N–H and O–H groups in total. The van der Waals surface area contributed by atoms with Gasteiger partial charge in [-0.2, -0.15) is 0 Å². The van der Waals surface area contributed by atoms with Crippen LogP contribution in [0.2, 0.25) is 0 Å². The van der Waals surface area contributed by atoms with Gasteiger partial charge in [0.25, 0.3) is 0 Å². The van der Waals surface area contributed by atoms with E-state index in [2.05, 4.69) is 9.88 Å². The number of ketones is 1. The standard InChI is InChI=1S/C27H24FN3O2/c28-24-4-2-1-3-22(24)16-23(32)15-19-5-7-20(8-6-19)21-9-10-25-26(17-21)30-27(18-29-25)31-11-13-33-14-12-31/h1-10,17-18H,11-16H2. The number of anilines is 1. The lowest BCUT2D eigenvalue weighted by Gasteiger charge is -2.27. The molecule has 1 fully saturated rings. The van der Waals surface area contributed by atoms with Crippen molar-refractivity contribution in [2.75, 3.05) is 31.2 Å². The highest BCUT2D eigenvalue weighted by Gasteiger charge is 2.14. The van der Waals surface area contributed by atoms with Gasteiger partial charge in [-0.15, -0.1) is 0 Å². The van der Waals surface area contributed by atoms with Crippen molar-refractivity contribution in [1.29, 1.82) is 0 Å².